The summed E-state index contributed by atoms with van der Waals surface area (Å²) >= 11 is 0. The zero-order chi connectivity index (χ0) is 15.0. The van der Waals surface area contributed by atoms with Crippen LogP contribution in [0.4, 0.5) is 0 Å². The number of likely N-dealkylation sites (tertiary alicyclic amines) is 1. The molecule has 0 amide bonds. The van der Waals surface area contributed by atoms with Crippen molar-refractivity contribution in [3.8, 4) is 0 Å². The molecule has 1 aromatic rings. The Labute approximate surface area is 129 Å². The van der Waals surface area contributed by atoms with Gasteiger partial charge in [0.1, 0.15) is 0 Å². The summed E-state index contributed by atoms with van der Waals surface area (Å²) in [5.74, 6) is 2.37. The number of nitrogens with two attached hydrogens (primary N) is 1. The molecule has 2 heteroatoms. The van der Waals surface area contributed by atoms with E-state index in [0.717, 1.165) is 17.8 Å². The molecular weight excluding hydrogens is 256 g/mol. The molecule has 4 unspecified atom stereocenters. The highest BCUT2D eigenvalue weighted by Crippen LogP contribution is 2.40. The van der Waals surface area contributed by atoms with Crippen LogP contribution < -0.4 is 5.73 Å². The van der Waals surface area contributed by atoms with Gasteiger partial charge in [0, 0.05) is 25.2 Å². The minimum Gasteiger partial charge on any atom is -0.329 e. The van der Waals surface area contributed by atoms with Gasteiger partial charge in [-0.3, -0.25) is 4.90 Å². The highest BCUT2D eigenvalue weighted by Gasteiger charge is 2.33. The Morgan fingerprint density at radius 3 is 2.38 bits per heavy atom. The van der Waals surface area contributed by atoms with E-state index in [-0.39, 0.29) is 0 Å². The van der Waals surface area contributed by atoms with Gasteiger partial charge in [0.15, 0.2) is 0 Å². The van der Waals surface area contributed by atoms with Crippen molar-refractivity contribution in [3.05, 3.63) is 35.4 Å². The molecule has 2 aliphatic rings. The average Bonchev–Trinajstić information content (AvgIpc) is 3.30. The van der Waals surface area contributed by atoms with Crippen LogP contribution in [-0.2, 0) is 0 Å². The van der Waals surface area contributed by atoms with Crippen molar-refractivity contribution in [2.45, 2.75) is 58.0 Å². The van der Waals surface area contributed by atoms with Crippen LogP contribution in [0.3, 0.4) is 0 Å². The lowest BCUT2D eigenvalue weighted by atomic mass is 9.84. The van der Waals surface area contributed by atoms with Gasteiger partial charge in [-0.2, -0.15) is 0 Å². The molecule has 2 N–H and O–H groups in total. The molecule has 1 heterocycles. The number of nitrogens with zero attached hydrogens (tertiary/aromatic N) is 1. The molecule has 1 saturated carbocycles. The molecular formula is C19H30N2. The van der Waals surface area contributed by atoms with Crippen LogP contribution in [0.25, 0.3) is 0 Å². The Bertz CT molecular complexity index is 463. The van der Waals surface area contributed by atoms with Gasteiger partial charge in [-0.1, -0.05) is 38.1 Å². The summed E-state index contributed by atoms with van der Waals surface area (Å²) in [6.07, 6.45) is 4.09. The highest BCUT2D eigenvalue weighted by atomic mass is 15.2. The second kappa shape index (κ2) is 6.10. The number of benzene rings is 1. The van der Waals surface area contributed by atoms with Crippen LogP contribution in [0, 0.1) is 11.8 Å². The second-order valence-electron chi connectivity index (χ2n) is 7.45. The third kappa shape index (κ3) is 3.17. The van der Waals surface area contributed by atoms with Gasteiger partial charge in [0.25, 0.3) is 0 Å². The van der Waals surface area contributed by atoms with Crippen molar-refractivity contribution < 1.29 is 0 Å². The molecule has 4 atom stereocenters. The lowest BCUT2D eigenvalue weighted by Gasteiger charge is -2.45. The van der Waals surface area contributed by atoms with Gasteiger partial charge in [-0.05, 0) is 55.1 Å². The lowest BCUT2D eigenvalue weighted by Crippen LogP contribution is -2.49. The number of hydrogen-bond acceptors (Lipinski definition) is 2. The minimum atomic E-state index is 0.374. The van der Waals surface area contributed by atoms with E-state index < -0.39 is 0 Å². The summed E-state index contributed by atoms with van der Waals surface area (Å²) in [5.41, 5.74) is 9.07. The van der Waals surface area contributed by atoms with Crippen molar-refractivity contribution in [2.75, 3.05) is 13.1 Å². The van der Waals surface area contributed by atoms with E-state index in [4.69, 9.17) is 5.73 Å². The summed E-state index contributed by atoms with van der Waals surface area (Å²) in [6.45, 7) is 9.03. The number of hydrogen-bond donors (Lipinski definition) is 1. The summed E-state index contributed by atoms with van der Waals surface area (Å²) in [7, 11) is 0. The summed E-state index contributed by atoms with van der Waals surface area (Å²) in [4.78, 5) is 2.64. The quantitative estimate of drug-likeness (QED) is 0.908. The smallest absolute Gasteiger partial charge is 0.0473 e. The van der Waals surface area contributed by atoms with E-state index in [1.165, 1.54) is 36.9 Å². The Morgan fingerprint density at radius 2 is 1.81 bits per heavy atom. The maximum atomic E-state index is 6.16. The molecule has 3 rings (SSSR count). The van der Waals surface area contributed by atoms with Gasteiger partial charge in [-0.15, -0.1) is 0 Å². The van der Waals surface area contributed by atoms with E-state index in [2.05, 4.69) is 49.9 Å². The first-order valence-corrected chi connectivity index (χ1v) is 8.65. The molecule has 1 aliphatic carbocycles. The standard InChI is InChI=1S/C19H30N2/c1-13-10-14(2)15(3)21(12-13)19(11-20)18-8-6-17(7-9-18)16-4-5-16/h6-9,13-16,19H,4-5,10-12,20H2,1-3H3. The van der Waals surface area contributed by atoms with Crippen LogP contribution in [0.15, 0.2) is 24.3 Å². The van der Waals surface area contributed by atoms with Crippen molar-refractivity contribution in [2.24, 2.45) is 17.6 Å². The molecule has 21 heavy (non-hydrogen) atoms. The Morgan fingerprint density at radius 1 is 1.14 bits per heavy atom. The first-order chi connectivity index (χ1) is 10.1. The zero-order valence-electron chi connectivity index (χ0n) is 13.8. The van der Waals surface area contributed by atoms with Crippen LogP contribution >= 0.6 is 0 Å². The third-order valence-corrected chi connectivity index (χ3v) is 5.64. The number of rotatable bonds is 4. The largest absolute Gasteiger partial charge is 0.329 e. The van der Waals surface area contributed by atoms with Crippen LogP contribution in [0.5, 0.6) is 0 Å². The van der Waals surface area contributed by atoms with E-state index in [0.29, 0.717) is 18.6 Å². The zero-order valence-corrected chi connectivity index (χ0v) is 13.8. The Kier molecular flexibility index (Phi) is 4.37. The normalized spacial score (nSPS) is 32.1. The SMILES string of the molecule is CC1CC(C)C(C)N(C(CN)c2ccc(C3CC3)cc2)C1. The second-order valence-corrected chi connectivity index (χ2v) is 7.45. The fourth-order valence-electron chi connectivity index (χ4n) is 4.04. The van der Waals surface area contributed by atoms with Crippen LogP contribution in [0.1, 0.15) is 63.1 Å². The van der Waals surface area contributed by atoms with Gasteiger partial charge >= 0.3 is 0 Å². The van der Waals surface area contributed by atoms with Crippen molar-refractivity contribution in [1.82, 2.24) is 4.90 Å². The molecule has 0 bridgehead atoms. The fraction of sp³-hybridized carbons (Fsp3) is 0.684. The molecule has 2 fully saturated rings. The predicted octanol–water partition coefficient (Wildman–Crippen LogP) is 3.93. The molecule has 0 radical (unpaired) electrons. The fourth-order valence-corrected chi connectivity index (χ4v) is 4.04. The summed E-state index contributed by atoms with van der Waals surface area (Å²) in [6, 6.07) is 10.3. The average molecular weight is 286 g/mol. The van der Waals surface area contributed by atoms with Gasteiger partial charge in [0.2, 0.25) is 0 Å². The van der Waals surface area contributed by atoms with Crippen molar-refractivity contribution in [3.63, 3.8) is 0 Å². The van der Waals surface area contributed by atoms with Crippen molar-refractivity contribution in [1.29, 1.82) is 0 Å². The Hall–Kier alpha value is -0.860. The summed E-state index contributed by atoms with van der Waals surface area (Å²) in [5, 5.41) is 0. The molecule has 1 aromatic carbocycles. The van der Waals surface area contributed by atoms with Crippen molar-refractivity contribution >= 4 is 0 Å². The van der Waals surface area contributed by atoms with Gasteiger partial charge < -0.3 is 5.73 Å². The van der Waals surface area contributed by atoms with E-state index in [9.17, 15) is 0 Å². The maximum absolute atomic E-state index is 6.16. The molecule has 1 aliphatic heterocycles. The molecule has 1 saturated heterocycles. The number of piperidine rings is 1. The maximum Gasteiger partial charge on any atom is 0.0473 e. The predicted molar refractivity (Wildman–Crippen MR) is 89.3 cm³/mol. The molecule has 2 nitrogen and oxygen atoms in total. The molecule has 0 aromatic heterocycles. The van der Waals surface area contributed by atoms with Gasteiger partial charge in [-0.25, -0.2) is 0 Å². The van der Waals surface area contributed by atoms with Crippen LogP contribution in [-0.4, -0.2) is 24.0 Å². The van der Waals surface area contributed by atoms with E-state index in [1.54, 1.807) is 0 Å². The third-order valence-electron chi connectivity index (χ3n) is 5.64. The van der Waals surface area contributed by atoms with E-state index >= 15 is 0 Å². The monoisotopic (exact) mass is 286 g/mol. The first kappa shape index (κ1) is 15.1. The molecule has 116 valence electrons. The van der Waals surface area contributed by atoms with Gasteiger partial charge in [0.05, 0.1) is 0 Å². The lowest BCUT2D eigenvalue weighted by molar-refractivity contribution is 0.0424. The van der Waals surface area contributed by atoms with E-state index in [1.807, 2.05) is 0 Å². The molecule has 0 spiro atoms. The topological polar surface area (TPSA) is 29.3 Å². The highest BCUT2D eigenvalue weighted by molar-refractivity contribution is 5.30. The first-order valence-electron chi connectivity index (χ1n) is 8.65. The minimum absolute atomic E-state index is 0.374. The van der Waals surface area contributed by atoms with Crippen LogP contribution in [0.2, 0.25) is 0 Å². The Balaban J connectivity index is 1.79. The summed E-state index contributed by atoms with van der Waals surface area (Å²) < 4.78 is 0.